The van der Waals surface area contributed by atoms with Gasteiger partial charge >= 0.3 is 0 Å². The van der Waals surface area contributed by atoms with Crippen LogP contribution < -0.4 is 5.73 Å². The zero-order chi connectivity index (χ0) is 7.49. The maximum Gasteiger partial charge on any atom is 0.189 e. The maximum atomic E-state index is 5.37. The Morgan fingerprint density at radius 2 is 2.11 bits per heavy atom. The molecule has 0 aliphatic carbocycles. The molecule has 0 saturated heterocycles. The summed E-state index contributed by atoms with van der Waals surface area (Å²) in [4.78, 5) is 3.99. The van der Waals surface area contributed by atoms with Gasteiger partial charge in [-0.3, -0.25) is 4.99 Å². The van der Waals surface area contributed by atoms with Gasteiger partial charge in [-0.25, -0.2) is 0 Å². The standard InChI is InChI=1S/C6H13ClN2/c1-4-6(2,3)9-5(7)8/h4H2,1-3H3,(H2,8,9). The molecule has 0 unspecified atom stereocenters. The molecule has 0 atom stereocenters. The van der Waals surface area contributed by atoms with Crippen LogP contribution in [0.15, 0.2) is 4.99 Å². The Balaban J connectivity index is 4.01. The van der Waals surface area contributed by atoms with E-state index in [9.17, 15) is 0 Å². The number of nitrogens with zero attached hydrogens (tertiary/aromatic N) is 1. The minimum Gasteiger partial charge on any atom is -0.374 e. The van der Waals surface area contributed by atoms with Crippen LogP contribution in [0.1, 0.15) is 27.2 Å². The molecule has 2 N–H and O–H groups in total. The summed E-state index contributed by atoms with van der Waals surface area (Å²) in [5.74, 6) is 0. The highest BCUT2D eigenvalue weighted by molar-refractivity contribution is 6.64. The van der Waals surface area contributed by atoms with E-state index in [2.05, 4.69) is 4.99 Å². The third-order valence-corrected chi connectivity index (χ3v) is 1.36. The van der Waals surface area contributed by atoms with Crippen molar-refractivity contribution in [3.05, 3.63) is 0 Å². The zero-order valence-electron chi connectivity index (χ0n) is 6.11. The van der Waals surface area contributed by atoms with E-state index in [0.29, 0.717) is 0 Å². The number of halogens is 1. The van der Waals surface area contributed by atoms with Crippen LogP contribution in [0.5, 0.6) is 0 Å². The molecular weight excluding hydrogens is 136 g/mol. The summed E-state index contributed by atoms with van der Waals surface area (Å²) in [7, 11) is 0. The van der Waals surface area contributed by atoms with E-state index in [1.165, 1.54) is 0 Å². The van der Waals surface area contributed by atoms with Gasteiger partial charge in [-0.1, -0.05) is 6.92 Å². The van der Waals surface area contributed by atoms with Gasteiger partial charge in [-0.2, -0.15) is 0 Å². The van der Waals surface area contributed by atoms with Crippen molar-refractivity contribution in [2.24, 2.45) is 10.7 Å². The minimum atomic E-state index is -0.105. The predicted molar refractivity (Wildman–Crippen MR) is 41.8 cm³/mol. The molecule has 0 aliphatic rings. The quantitative estimate of drug-likeness (QED) is 0.362. The van der Waals surface area contributed by atoms with Crippen LogP contribution in [0.4, 0.5) is 0 Å². The van der Waals surface area contributed by atoms with Crippen LogP contribution in [0.2, 0.25) is 0 Å². The smallest absolute Gasteiger partial charge is 0.189 e. The summed E-state index contributed by atoms with van der Waals surface area (Å²) in [5.41, 5.74) is 5.06. The number of aliphatic imine (C=N–C) groups is 1. The fraction of sp³-hybridized carbons (Fsp3) is 0.833. The Hall–Kier alpha value is -0.240. The minimum absolute atomic E-state index is 0.105. The molecule has 9 heavy (non-hydrogen) atoms. The van der Waals surface area contributed by atoms with E-state index in [1.54, 1.807) is 0 Å². The molecule has 0 radical (unpaired) electrons. The Morgan fingerprint density at radius 3 is 2.22 bits per heavy atom. The Labute approximate surface area is 61.1 Å². The highest BCUT2D eigenvalue weighted by Crippen LogP contribution is 2.12. The summed E-state index contributed by atoms with van der Waals surface area (Å²) in [6.45, 7) is 6.02. The van der Waals surface area contributed by atoms with E-state index in [-0.39, 0.29) is 10.8 Å². The second-order valence-corrected chi connectivity index (χ2v) is 2.99. The van der Waals surface area contributed by atoms with E-state index in [1.807, 2.05) is 20.8 Å². The molecule has 0 saturated carbocycles. The van der Waals surface area contributed by atoms with Crippen LogP contribution in [0.25, 0.3) is 0 Å². The largest absolute Gasteiger partial charge is 0.374 e. The van der Waals surface area contributed by atoms with E-state index < -0.39 is 0 Å². The van der Waals surface area contributed by atoms with E-state index in [4.69, 9.17) is 17.3 Å². The van der Waals surface area contributed by atoms with Crippen LogP contribution >= 0.6 is 11.6 Å². The Kier molecular flexibility index (Phi) is 2.98. The van der Waals surface area contributed by atoms with E-state index >= 15 is 0 Å². The number of nitrogens with two attached hydrogens (primary N) is 1. The molecule has 0 spiro atoms. The van der Waals surface area contributed by atoms with Crippen LogP contribution in [-0.4, -0.2) is 10.8 Å². The summed E-state index contributed by atoms with van der Waals surface area (Å²) < 4.78 is 0. The SMILES string of the molecule is CCC(C)(C)N=C(N)Cl. The summed E-state index contributed by atoms with van der Waals surface area (Å²) in [5, 5.41) is 0.141. The molecule has 0 aromatic carbocycles. The van der Waals surface area contributed by atoms with Crippen molar-refractivity contribution >= 4 is 16.9 Å². The zero-order valence-corrected chi connectivity index (χ0v) is 6.87. The lowest BCUT2D eigenvalue weighted by Crippen LogP contribution is -2.19. The fourth-order valence-electron chi connectivity index (χ4n) is 0.368. The van der Waals surface area contributed by atoms with Gasteiger partial charge in [0.1, 0.15) is 0 Å². The van der Waals surface area contributed by atoms with Crippen molar-refractivity contribution in [1.82, 2.24) is 0 Å². The van der Waals surface area contributed by atoms with Crippen molar-refractivity contribution in [2.45, 2.75) is 32.7 Å². The molecule has 2 nitrogen and oxygen atoms in total. The van der Waals surface area contributed by atoms with Crippen molar-refractivity contribution in [1.29, 1.82) is 0 Å². The van der Waals surface area contributed by atoms with Crippen LogP contribution in [0.3, 0.4) is 0 Å². The number of rotatable bonds is 2. The molecule has 0 bridgehead atoms. The first-order valence-corrected chi connectivity index (χ1v) is 3.36. The van der Waals surface area contributed by atoms with Crippen molar-refractivity contribution in [2.75, 3.05) is 0 Å². The summed E-state index contributed by atoms with van der Waals surface area (Å²) in [6, 6.07) is 0. The molecule has 0 aromatic rings. The maximum absolute atomic E-state index is 5.37. The topological polar surface area (TPSA) is 38.4 Å². The van der Waals surface area contributed by atoms with Gasteiger partial charge in [0.25, 0.3) is 0 Å². The highest BCUT2D eigenvalue weighted by Gasteiger charge is 2.12. The Bertz CT molecular complexity index is 114. The lowest BCUT2D eigenvalue weighted by Gasteiger charge is -2.15. The van der Waals surface area contributed by atoms with Crippen LogP contribution in [0, 0.1) is 0 Å². The Morgan fingerprint density at radius 1 is 1.67 bits per heavy atom. The normalized spacial score (nSPS) is 14.0. The van der Waals surface area contributed by atoms with Gasteiger partial charge in [-0.15, -0.1) is 0 Å². The fourth-order valence-corrected chi connectivity index (χ4v) is 0.597. The van der Waals surface area contributed by atoms with Gasteiger partial charge < -0.3 is 5.73 Å². The second-order valence-electron chi connectivity index (χ2n) is 2.60. The van der Waals surface area contributed by atoms with Crippen molar-refractivity contribution in [3.8, 4) is 0 Å². The second kappa shape index (κ2) is 3.06. The molecule has 0 amide bonds. The summed E-state index contributed by atoms with van der Waals surface area (Å²) >= 11 is 5.37. The number of amidine groups is 1. The average Bonchev–Trinajstić information content (AvgIpc) is 1.63. The lowest BCUT2D eigenvalue weighted by atomic mass is 10.0. The van der Waals surface area contributed by atoms with Gasteiger partial charge in [0.05, 0.1) is 5.54 Å². The molecule has 0 rings (SSSR count). The van der Waals surface area contributed by atoms with Gasteiger partial charge in [-0.05, 0) is 31.9 Å². The first kappa shape index (κ1) is 8.76. The third-order valence-electron chi connectivity index (χ3n) is 1.27. The number of hydrogen-bond acceptors (Lipinski definition) is 1. The predicted octanol–water partition coefficient (Wildman–Crippen LogP) is 1.73. The molecule has 54 valence electrons. The van der Waals surface area contributed by atoms with Gasteiger partial charge in [0.2, 0.25) is 0 Å². The summed E-state index contributed by atoms with van der Waals surface area (Å²) in [6.07, 6.45) is 0.945. The average molecular weight is 149 g/mol. The molecule has 0 fully saturated rings. The van der Waals surface area contributed by atoms with Crippen molar-refractivity contribution in [3.63, 3.8) is 0 Å². The van der Waals surface area contributed by atoms with Gasteiger partial charge in [0.15, 0.2) is 5.29 Å². The first-order valence-electron chi connectivity index (χ1n) is 2.99. The van der Waals surface area contributed by atoms with Gasteiger partial charge in [0, 0.05) is 0 Å². The lowest BCUT2D eigenvalue weighted by molar-refractivity contribution is 0.506. The van der Waals surface area contributed by atoms with E-state index in [0.717, 1.165) is 6.42 Å². The van der Waals surface area contributed by atoms with Crippen LogP contribution in [-0.2, 0) is 0 Å². The molecule has 0 heterocycles. The van der Waals surface area contributed by atoms with Crippen molar-refractivity contribution < 1.29 is 0 Å². The molecular formula is C6H13ClN2. The molecule has 0 aromatic heterocycles. The monoisotopic (exact) mass is 148 g/mol. The highest BCUT2D eigenvalue weighted by atomic mass is 35.5. The molecule has 0 aliphatic heterocycles. The first-order chi connectivity index (χ1) is 3.98. The third kappa shape index (κ3) is 4.28. The number of hydrogen-bond donors (Lipinski definition) is 1. The molecule has 3 heteroatoms.